The molecule has 0 aliphatic carbocycles. The number of morpholine rings is 1. The van der Waals surface area contributed by atoms with E-state index in [-0.39, 0.29) is 11.9 Å². The molecule has 1 fully saturated rings. The quantitative estimate of drug-likeness (QED) is 0.869. The van der Waals surface area contributed by atoms with Crippen LogP contribution in [0.3, 0.4) is 0 Å². The van der Waals surface area contributed by atoms with Gasteiger partial charge < -0.3 is 14.8 Å². The van der Waals surface area contributed by atoms with Crippen LogP contribution in [0.25, 0.3) is 0 Å². The van der Waals surface area contributed by atoms with Crippen LogP contribution in [-0.4, -0.2) is 55.7 Å². The zero-order valence-corrected chi connectivity index (χ0v) is 14.4. The molecule has 132 valence electrons. The Hall–Kier alpha value is -2.44. The second kappa shape index (κ2) is 8.60. The van der Waals surface area contributed by atoms with E-state index < -0.39 is 0 Å². The summed E-state index contributed by atoms with van der Waals surface area (Å²) in [5, 5.41) is 3.14. The number of carbonyl (C=O) groups is 1. The second-order valence-electron chi connectivity index (χ2n) is 5.94. The summed E-state index contributed by atoms with van der Waals surface area (Å²) in [5.74, 6) is 0.292. The van der Waals surface area contributed by atoms with Gasteiger partial charge in [0.05, 0.1) is 26.4 Å². The minimum absolute atomic E-state index is 0.0917. The second-order valence-corrected chi connectivity index (χ2v) is 5.94. The van der Waals surface area contributed by atoms with Gasteiger partial charge in [-0.3, -0.25) is 9.69 Å². The average molecular weight is 341 g/mol. The first-order chi connectivity index (χ1) is 12.3. The highest BCUT2D eigenvalue weighted by Gasteiger charge is 2.21. The molecule has 1 aliphatic rings. The highest BCUT2D eigenvalue weighted by molar-refractivity contribution is 5.94. The first-order valence-electron chi connectivity index (χ1n) is 8.42. The van der Waals surface area contributed by atoms with E-state index in [0.717, 1.165) is 38.4 Å². The van der Waals surface area contributed by atoms with E-state index in [9.17, 15) is 4.79 Å². The van der Waals surface area contributed by atoms with Crippen LogP contribution in [0.4, 0.5) is 0 Å². The number of ether oxygens (including phenoxy) is 2. The maximum absolute atomic E-state index is 12.7. The van der Waals surface area contributed by atoms with Gasteiger partial charge >= 0.3 is 0 Å². The number of nitrogens with zero attached hydrogens (tertiary/aromatic N) is 2. The number of rotatable bonds is 6. The van der Waals surface area contributed by atoms with Crippen LogP contribution in [0, 0.1) is 0 Å². The van der Waals surface area contributed by atoms with Crippen LogP contribution in [-0.2, 0) is 4.74 Å². The van der Waals surface area contributed by atoms with Gasteiger partial charge in [-0.05, 0) is 11.6 Å². The Bertz CT molecular complexity index is 687. The molecule has 6 nitrogen and oxygen atoms in total. The number of benzene rings is 1. The Kier molecular flexibility index (Phi) is 5.98. The van der Waals surface area contributed by atoms with Crippen LogP contribution < -0.4 is 10.1 Å². The van der Waals surface area contributed by atoms with E-state index in [2.05, 4.69) is 15.2 Å². The zero-order valence-electron chi connectivity index (χ0n) is 14.4. The normalized spacial score (nSPS) is 16.2. The fourth-order valence-electron chi connectivity index (χ4n) is 2.87. The van der Waals surface area contributed by atoms with E-state index in [1.54, 1.807) is 18.3 Å². The van der Waals surface area contributed by atoms with E-state index in [1.165, 1.54) is 7.11 Å². The summed E-state index contributed by atoms with van der Waals surface area (Å²) >= 11 is 0. The third-order valence-electron chi connectivity index (χ3n) is 4.26. The molecule has 1 atom stereocenters. The molecule has 3 rings (SSSR count). The van der Waals surface area contributed by atoms with Gasteiger partial charge in [-0.2, -0.15) is 0 Å². The molecule has 1 unspecified atom stereocenters. The minimum Gasteiger partial charge on any atom is -0.481 e. The summed E-state index contributed by atoms with van der Waals surface area (Å²) in [4.78, 5) is 19.1. The number of aromatic nitrogens is 1. The van der Waals surface area contributed by atoms with Crippen molar-refractivity contribution in [3.05, 3.63) is 59.8 Å². The molecule has 6 heteroatoms. The van der Waals surface area contributed by atoms with E-state index in [0.29, 0.717) is 11.4 Å². The number of carbonyl (C=O) groups excluding carboxylic acids is 1. The molecule has 2 aromatic rings. The van der Waals surface area contributed by atoms with Crippen molar-refractivity contribution in [1.29, 1.82) is 0 Å². The smallest absolute Gasteiger partial charge is 0.252 e. The predicted octanol–water partition coefficient (Wildman–Crippen LogP) is 1.89. The van der Waals surface area contributed by atoms with Crippen molar-refractivity contribution in [3.8, 4) is 5.88 Å². The lowest BCUT2D eigenvalue weighted by atomic mass is 10.1. The van der Waals surface area contributed by atoms with Gasteiger partial charge in [0.15, 0.2) is 0 Å². The monoisotopic (exact) mass is 341 g/mol. The molecule has 1 saturated heterocycles. The number of hydrogen-bond donors (Lipinski definition) is 1. The molecule has 0 saturated carbocycles. The van der Waals surface area contributed by atoms with E-state index in [1.807, 2.05) is 30.3 Å². The third-order valence-corrected chi connectivity index (χ3v) is 4.26. The maximum atomic E-state index is 12.7. The molecule has 2 heterocycles. The highest BCUT2D eigenvalue weighted by atomic mass is 16.5. The zero-order chi connectivity index (χ0) is 17.5. The van der Waals surface area contributed by atoms with Crippen molar-refractivity contribution in [2.45, 2.75) is 6.04 Å². The fourth-order valence-corrected chi connectivity index (χ4v) is 2.87. The Morgan fingerprint density at radius 2 is 2.04 bits per heavy atom. The molecule has 0 radical (unpaired) electrons. The van der Waals surface area contributed by atoms with Crippen LogP contribution in [0.5, 0.6) is 5.88 Å². The molecule has 0 bridgehead atoms. The molecule has 1 amide bonds. The number of nitrogens with one attached hydrogen (secondary N) is 1. The summed E-state index contributed by atoms with van der Waals surface area (Å²) in [5.41, 5.74) is 1.62. The Labute approximate surface area is 147 Å². The van der Waals surface area contributed by atoms with Crippen LogP contribution in [0.2, 0.25) is 0 Å². The fraction of sp³-hybridized carbons (Fsp3) is 0.368. The number of amides is 1. The van der Waals surface area contributed by atoms with Crippen molar-refractivity contribution >= 4 is 5.91 Å². The number of hydrogen-bond acceptors (Lipinski definition) is 5. The van der Waals surface area contributed by atoms with Gasteiger partial charge in [0.25, 0.3) is 5.91 Å². The van der Waals surface area contributed by atoms with Crippen molar-refractivity contribution in [3.63, 3.8) is 0 Å². The summed E-state index contributed by atoms with van der Waals surface area (Å²) in [6, 6.07) is 13.3. The van der Waals surface area contributed by atoms with Gasteiger partial charge in [-0.15, -0.1) is 0 Å². The highest BCUT2D eigenvalue weighted by Crippen LogP contribution is 2.17. The predicted molar refractivity (Wildman–Crippen MR) is 94.7 cm³/mol. The van der Waals surface area contributed by atoms with Crippen LogP contribution in [0.15, 0.2) is 48.7 Å². The molecule has 0 spiro atoms. The average Bonchev–Trinajstić information content (AvgIpc) is 2.69. The van der Waals surface area contributed by atoms with Gasteiger partial charge in [0.2, 0.25) is 5.88 Å². The lowest BCUT2D eigenvalue weighted by molar-refractivity contribution is 0.0332. The summed E-state index contributed by atoms with van der Waals surface area (Å²) in [7, 11) is 1.54. The molecular weight excluding hydrogens is 318 g/mol. The standard InChI is InChI=1S/C19H23N3O3/c1-24-18-13-16(7-8-20-18)19(23)21-17(15-5-3-2-4-6-15)14-22-9-11-25-12-10-22/h2-8,13,17H,9-12,14H2,1H3,(H,21,23). The lowest BCUT2D eigenvalue weighted by Gasteiger charge is -2.31. The van der Waals surface area contributed by atoms with Crippen molar-refractivity contribution in [2.75, 3.05) is 40.0 Å². The van der Waals surface area contributed by atoms with Gasteiger partial charge in [-0.1, -0.05) is 30.3 Å². The topological polar surface area (TPSA) is 63.7 Å². The Morgan fingerprint density at radius 3 is 2.76 bits per heavy atom. The first-order valence-corrected chi connectivity index (χ1v) is 8.42. The van der Waals surface area contributed by atoms with Crippen LogP contribution in [0.1, 0.15) is 22.0 Å². The van der Waals surface area contributed by atoms with Crippen molar-refractivity contribution < 1.29 is 14.3 Å². The Morgan fingerprint density at radius 1 is 1.28 bits per heavy atom. The molecule has 25 heavy (non-hydrogen) atoms. The van der Waals surface area contributed by atoms with E-state index in [4.69, 9.17) is 9.47 Å². The minimum atomic E-state index is -0.136. The maximum Gasteiger partial charge on any atom is 0.252 e. The molecule has 1 N–H and O–H groups in total. The third kappa shape index (κ3) is 4.78. The number of pyridine rings is 1. The molecular formula is C19H23N3O3. The molecule has 1 aromatic carbocycles. The van der Waals surface area contributed by atoms with Gasteiger partial charge in [0, 0.05) is 37.5 Å². The van der Waals surface area contributed by atoms with Crippen molar-refractivity contribution in [2.24, 2.45) is 0 Å². The first kappa shape index (κ1) is 17.4. The number of methoxy groups -OCH3 is 1. The largest absolute Gasteiger partial charge is 0.481 e. The molecule has 1 aromatic heterocycles. The summed E-state index contributed by atoms with van der Waals surface area (Å²) in [6.45, 7) is 3.97. The van der Waals surface area contributed by atoms with E-state index >= 15 is 0 Å². The van der Waals surface area contributed by atoms with Crippen LogP contribution >= 0.6 is 0 Å². The van der Waals surface area contributed by atoms with Gasteiger partial charge in [-0.25, -0.2) is 4.98 Å². The molecule has 1 aliphatic heterocycles. The SMILES string of the molecule is COc1cc(C(=O)NC(CN2CCOCC2)c2ccccc2)ccn1. The summed E-state index contributed by atoms with van der Waals surface area (Å²) in [6.07, 6.45) is 1.58. The summed E-state index contributed by atoms with van der Waals surface area (Å²) < 4.78 is 10.5. The van der Waals surface area contributed by atoms with Gasteiger partial charge in [0.1, 0.15) is 0 Å². The lowest BCUT2D eigenvalue weighted by Crippen LogP contribution is -2.43. The Balaban J connectivity index is 1.75. The van der Waals surface area contributed by atoms with Crippen molar-refractivity contribution in [1.82, 2.24) is 15.2 Å².